The lowest BCUT2D eigenvalue weighted by Crippen LogP contribution is -2.33. The number of fused-ring (bicyclic) bond motifs is 3. The molecule has 0 bridgehead atoms. The van der Waals surface area contributed by atoms with Crippen molar-refractivity contribution in [2.45, 2.75) is 52.0 Å². The van der Waals surface area contributed by atoms with E-state index in [1.807, 2.05) is 6.07 Å². The van der Waals surface area contributed by atoms with Gasteiger partial charge in [0.05, 0.1) is 12.6 Å². The quantitative estimate of drug-likeness (QED) is 0.388. The molecule has 2 aromatic rings. The Hall–Kier alpha value is -0.770. The Labute approximate surface area is 185 Å². The van der Waals surface area contributed by atoms with Crippen molar-refractivity contribution in [1.82, 2.24) is 4.90 Å². The summed E-state index contributed by atoms with van der Waals surface area (Å²) in [6.45, 7) is 6.52. The van der Waals surface area contributed by atoms with E-state index in [-0.39, 0.29) is 25.1 Å². The predicted molar refractivity (Wildman–Crippen MR) is 123 cm³/mol. The Morgan fingerprint density at radius 1 is 0.964 bits per heavy atom. The molecule has 0 aromatic heterocycles. The van der Waals surface area contributed by atoms with E-state index in [2.05, 4.69) is 43.0 Å². The predicted octanol–water partition coefficient (Wildman–Crippen LogP) is 6.92. The molecular weight excluding hydrogens is 413 g/mol. The maximum Gasteiger partial charge on any atom is 0.0628 e. The van der Waals surface area contributed by atoms with Crippen molar-refractivity contribution in [2.24, 2.45) is 0 Å². The lowest BCUT2D eigenvalue weighted by Gasteiger charge is -2.32. The van der Waals surface area contributed by atoms with Gasteiger partial charge in [-0.25, -0.2) is 0 Å². The third-order valence-corrected chi connectivity index (χ3v) is 5.96. The number of unbranched alkanes of at least 4 members (excludes halogenated alkanes) is 2. The maximum atomic E-state index is 10.4. The smallest absolute Gasteiger partial charge is 0.0628 e. The average molecular weight is 443 g/mol. The van der Waals surface area contributed by atoms with Gasteiger partial charge in [0, 0.05) is 10.0 Å². The SMILES string of the molecule is CCCCN(CCCC)C(CO)c1cc(Cl)cc2c1-c1ccc(Cl)cc1C2.Cl. The summed E-state index contributed by atoms with van der Waals surface area (Å²) < 4.78 is 0. The van der Waals surface area contributed by atoms with Crippen molar-refractivity contribution in [3.63, 3.8) is 0 Å². The molecule has 0 saturated carbocycles. The lowest BCUT2D eigenvalue weighted by molar-refractivity contribution is 0.120. The fourth-order valence-corrected chi connectivity index (χ4v) is 4.58. The Balaban J connectivity index is 0.00000280. The molecule has 2 aromatic carbocycles. The molecule has 28 heavy (non-hydrogen) atoms. The molecule has 2 nitrogen and oxygen atoms in total. The summed E-state index contributed by atoms with van der Waals surface area (Å²) in [5.41, 5.74) is 6.09. The van der Waals surface area contributed by atoms with Gasteiger partial charge < -0.3 is 5.11 Å². The molecule has 0 aliphatic heterocycles. The minimum Gasteiger partial charge on any atom is -0.394 e. The Bertz CT molecular complexity index is 786. The third-order valence-electron chi connectivity index (χ3n) is 5.50. The van der Waals surface area contributed by atoms with Crippen molar-refractivity contribution in [2.75, 3.05) is 19.7 Å². The van der Waals surface area contributed by atoms with Crippen LogP contribution >= 0.6 is 35.6 Å². The highest BCUT2D eigenvalue weighted by atomic mass is 35.5. The Morgan fingerprint density at radius 3 is 2.21 bits per heavy atom. The van der Waals surface area contributed by atoms with Crippen molar-refractivity contribution in [3.05, 3.63) is 57.1 Å². The van der Waals surface area contributed by atoms with Crippen LogP contribution in [0.5, 0.6) is 0 Å². The van der Waals surface area contributed by atoms with Crippen LogP contribution < -0.4 is 0 Å². The zero-order chi connectivity index (χ0) is 19.4. The van der Waals surface area contributed by atoms with Gasteiger partial charge in [0.2, 0.25) is 0 Å². The first-order valence-corrected chi connectivity index (χ1v) is 10.8. The van der Waals surface area contributed by atoms with E-state index in [4.69, 9.17) is 23.2 Å². The number of hydrogen-bond donors (Lipinski definition) is 1. The fourth-order valence-electron chi connectivity index (χ4n) is 4.13. The van der Waals surface area contributed by atoms with Gasteiger partial charge in [-0.3, -0.25) is 4.90 Å². The summed E-state index contributed by atoms with van der Waals surface area (Å²) in [7, 11) is 0. The molecule has 5 heteroatoms. The lowest BCUT2D eigenvalue weighted by atomic mass is 9.93. The van der Waals surface area contributed by atoms with Crippen LogP contribution in [0.3, 0.4) is 0 Å². The topological polar surface area (TPSA) is 23.5 Å². The molecule has 1 aliphatic carbocycles. The number of hydrogen-bond acceptors (Lipinski definition) is 2. The molecule has 1 unspecified atom stereocenters. The molecule has 0 amide bonds. The molecule has 1 aliphatic rings. The zero-order valence-electron chi connectivity index (χ0n) is 16.7. The second-order valence-corrected chi connectivity index (χ2v) is 8.32. The van der Waals surface area contributed by atoms with E-state index in [9.17, 15) is 5.11 Å². The van der Waals surface area contributed by atoms with Crippen LogP contribution in [0.1, 0.15) is 62.3 Å². The van der Waals surface area contributed by atoms with Crippen LogP contribution in [0.15, 0.2) is 30.3 Å². The summed E-state index contributed by atoms with van der Waals surface area (Å²) in [6.07, 6.45) is 5.41. The summed E-state index contributed by atoms with van der Waals surface area (Å²) in [4.78, 5) is 2.44. The molecule has 0 fully saturated rings. The van der Waals surface area contributed by atoms with Crippen LogP contribution in [0, 0.1) is 0 Å². The molecular formula is C23H30Cl3NO. The highest BCUT2D eigenvalue weighted by Crippen LogP contribution is 2.44. The maximum absolute atomic E-state index is 10.4. The van der Waals surface area contributed by atoms with Gasteiger partial charge in [0.1, 0.15) is 0 Å². The van der Waals surface area contributed by atoms with Gasteiger partial charge in [-0.05, 0) is 84.4 Å². The van der Waals surface area contributed by atoms with Crippen LogP contribution in [0.2, 0.25) is 10.0 Å². The second kappa shape index (κ2) is 10.8. The largest absolute Gasteiger partial charge is 0.394 e. The second-order valence-electron chi connectivity index (χ2n) is 7.45. The molecule has 1 N–H and O–H groups in total. The van der Waals surface area contributed by atoms with E-state index >= 15 is 0 Å². The van der Waals surface area contributed by atoms with Crippen LogP contribution in [-0.4, -0.2) is 29.7 Å². The van der Waals surface area contributed by atoms with Gasteiger partial charge in [-0.2, -0.15) is 0 Å². The minimum atomic E-state index is -0.0304. The van der Waals surface area contributed by atoms with Crippen molar-refractivity contribution in [1.29, 1.82) is 0 Å². The Kier molecular flexibility index (Phi) is 9.11. The number of aliphatic hydroxyl groups excluding tert-OH is 1. The van der Waals surface area contributed by atoms with E-state index < -0.39 is 0 Å². The van der Waals surface area contributed by atoms with Gasteiger partial charge in [0.25, 0.3) is 0 Å². The molecule has 1 atom stereocenters. The molecule has 0 saturated heterocycles. The summed E-state index contributed by atoms with van der Waals surface area (Å²) >= 11 is 12.7. The molecule has 3 rings (SSSR count). The van der Waals surface area contributed by atoms with E-state index in [1.165, 1.54) is 22.3 Å². The van der Waals surface area contributed by atoms with Crippen LogP contribution in [0.25, 0.3) is 11.1 Å². The fraction of sp³-hybridized carbons (Fsp3) is 0.478. The number of rotatable bonds is 9. The van der Waals surface area contributed by atoms with Crippen LogP contribution in [0.4, 0.5) is 0 Å². The van der Waals surface area contributed by atoms with E-state index in [1.54, 1.807) is 0 Å². The first-order chi connectivity index (χ1) is 13.1. The summed E-state index contributed by atoms with van der Waals surface area (Å²) in [6, 6.07) is 10.2. The first kappa shape index (κ1) is 23.5. The minimum absolute atomic E-state index is 0. The average Bonchev–Trinajstić information content (AvgIpc) is 3.00. The number of nitrogens with zero attached hydrogens (tertiary/aromatic N) is 1. The van der Waals surface area contributed by atoms with Crippen molar-refractivity contribution in [3.8, 4) is 11.1 Å². The number of benzene rings is 2. The summed E-state index contributed by atoms with van der Waals surface area (Å²) in [5, 5.41) is 11.9. The van der Waals surface area contributed by atoms with Gasteiger partial charge in [-0.15, -0.1) is 12.4 Å². The molecule has 0 radical (unpaired) electrons. The highest BCUT2D eigenvalue weighted by Gasteiger charge is 2.28. The van der Waals surface area contributed by atoms with Crippen molar-refractivity contribution >= 4 is 35.6 Å². The van der Waals surface area contributed by atoms with Crippen molar-refractivity contribution < 1.29 is 5.11 Å². The van der Waals surface area contributed by atoms with Gasteiger partial charge >= 0.3 is 0 Å². The van der Waals surface area contributed by atoms with Gasteiger partial charge in [-0.1, -0.05) is 56.0 Å². The first-order valence-electron chi connectivity index (χ1n) is 10.0. The number of halogens is 3. The molecule has 0 heterocycles. The molecule has 0 spiro atoms. The monoisotopic (exact) mass is 441 g/mol. The summed E-state index contributed by atoms with van der Waals surface area (Å²) in [5.74, 6) is 0. The third kappa shape index (κ3) is 5.04. The standard InChI is InChI=1S/C23H29Cl2NO.ClH/c1-3-5-9-26(10-6-4-2)22(15-27)21-14-19(25)13-17-11-16-12-18(24)7-8-20(16)23(17)21;/h7-8,12-14,22,27H,3-6,9-11,15H2,1-2H3;1H. The number of aliphatic hydroxyl groups is 1. The van der Waals surface area contributed by atoms with Crippen LogP contribution in [-0.2, 0) is 6.42 Å². The molecule has 154 valence electrons. The van der Waals surface area contributed by atoms with E-state index in [0.29, 0.717) is 0 Å². The zero-order valence-corrected chi connectivity index (χ0v) is 19.0. The Morgan fingerprint density at radius 2 is 1.61 bits per heavy atom. The highest BCUT2D eigenvalue weighted by molar-refractivity contribution is 6.31. The van der Waals surface area contributed by atoms with Gasteiger partial charge in [0.15, 0.2) is 0 Å². The van der Waals surface area contributed by atoms with E-state index in [0.717, 1.165) is 60.8 Å². The normalized spacial score (nSPS) is 13.2.